The van der Waals surface area contributed by atoms with Crippen molar-refractivity contribution in [1.82, 2.24) is 15.3 Å². The first-order valence-electron chi connectivity index (χ1n) is 6.68. The largest absolute Gasteiger partial charge is 0.348 e. The number of rotatable bonds is 5. The minimum absolute atomic E-state index is 0.125. The molecule has 4 N–H and O–H groups in total. The van der Waals surface area contributed by atoms with Crippen LogP contribution in [-0.2, 0) is 11.3 Å². The van der Waals surface area contributed by atoms with Crippen LogP contribution in [0.2, 0.25) is 0 Å². The molecule has 2 unspecified atom stereocenters. The summed E-state index contributed by atoms with van der Waals surface area (Å²) in [7, 11) is 0. The van der Waals surface area contributed by atoms with E-state index in [1.54, 1.807) is 6.07 Å². The molecule has 6 heteroatoms. The van der Waals surface area contributed by atoms with E-state index >= 15 is 0 Å². The van der Waals surface area contributed by atoms with Crippen LogP contribution in [0.25, 0.3) is 11.0 Å². The number of fused-ring (bicyclic) bond motifs is 1. The summed E-state index contributed by atoms with van der Waals surface area (Å²) in [5.41, 5.74) is 7.12. The van der Waals surface area contributed by atoms with Crippen molar-refractivity contribution in [3.8, 4) is 0 Å². The Kier molecular flexibility index (Phi) is 4.34. The minimum Gasteiger partial charge on any atom is -0.348 e. The van der Waals surface area contributed by atoms with Gasteiger partial charge in [-0.05, 0) is 24.1 Å². The average Bonchev–Trinajstić information content (AvgIpc) is 2.84. The Morgan fingerprint density at radius 2 is 2.30 bits per heavy atom. The summed E-state index contributed by atoms with van der Waals surface area (Å²) in [6.45, 7) is 4.18. The smallest absolute Gasteiger partial charge is 0.237 e. The van der Waals surface area contributed by atoms with Crippen molar-refractivity contribution in [2.75, 3.05) is 0 Å². The fraction of sp³-hybridized carbons (Fsp3) is 0.429. The molecule has 0 aliphatic rings. The molecule has 20 heavy (non-hydrogen) atoms. The average molecular weight is 278 g/mol. The molecule has 2 atom stereocenters. The number of hydrogen-bond acceptors (Lipinski definition) is 3. The highest BCUT2D eigenvalue weighted by Crippen LogP contribution is 2.13. The topological polar surface area (TPSA) is 83.8 Å². The molecule has 0 aliphatic carbocycles. The third-order valence-corrected chi connectivity index (χ3v) is 3.48. The van der Waals surface area contributed by atoms with Crippen molar-refractivity contribution in [3.05, 3.63) is 29.8 Å². The highest BCUT2D eigenvalue weighted by molar-refractivity contribution is 5.81. The van der Waals surface area contributed by atoms with Gasteiger partial charge in [0.25, 0.3) is 0 Å². The first kappa shape index (κ1) is 14.5. The Balaban J connectivity index is 2.00. The third kappa shape index (κ3) is 3.14. The lowest BCUT2D eigenvalue weighted by molar-refractivity contribution is -0.123. The molecule has 1 aromatic heterocycles. The van der Waals surface area contributed by atoms with Crippen molar-refractivity contribution < 1.29 is 9.18 Å². The van der Waals surface area contributed by atoms with Gasteiger partial charge in [0.1, 0.15) is 11.6 Å². The molecule has 5 nitrogen and oxygen atoms in total. The van der Waals surface area contributed by atoms with Crippen LogP contribution in [0.3, 0.4) is 0 Å². The van der Waals surface area contributed by atoms with E-state index in [0.29, 0.717) is 16.9 Å². The Labute approximate surface area is 116 Å². The van der Waals surface area contributed by atoms with Crippen molar-refractivity contribution in [1.29, 1.82) is 0 Å². The van der Waals surface area contributed by atoms with Gasteiger partial charge < -0.3 is 16.0 Å². The highest BCUT2D eigenvalue weighted by atomic mass is 19.1. The van der Waals surface area contributed by atoms with Gasteiger partial charge in [-0.3, -0.25) is 4.79 Å². The van der Waals surface area contributed by atoms with Crippen LogP contribution in [0, 0.1) is 11.7 Å². The Morgan fingerprint density at radius 3 is 3.00 bits per heavy atom. The fourth-order valence-electron chi connectivity index (χ4n) is 1.92. The molecule has 0 spiro atoms. The van der Waals surface area contributed by atoms with Gasteiger partial charge in [0.15, 0.2) is 0 Å². The number of hydrogen-bond donors (Lipinski definition) is 3. The Bertz CT molecular complexity index is 610. The molecule has 0 aliphatic heterocycles. The predicted molar refractivity (Wildman–Crippen MR) is 75.3 cm³/mol. The number of aromatic amines is 1. The van der Waals surface area contributed by atoms with Gasteiger partial charge in [0, 0.05) is 0 Å². The standard InChI is InChI=1S/C14H19FN4O/c1-3-8(2)13(16)14(20)17-7-12-18-10-5-4-9(15)6-11(10)19-12/h4-6,8,13H,3,7,16H2,1-2H3,(H,17,20)(H,18,19). The molecule has 0 radical (unpaired) electrons. The SMILES string of the molecule is CCC(C)C(N)C(=O)NCc1nc2ccc(F)cc2[nH]1. The second kappa shape index (κ2) is 6.00. The number of aromatic nitrogens is 2. The van der Waals surface area contributed by atoms with Crippen LogP contribution in [0.5, 0.6) is 0 Å². The molecule has 2 aromatic rings. The van der Waals surface area contributed by atoms with Gasteiger partial charge in [-0.25, -0.2) is 9.37 Å². The lowest BCUT2D eigenvalue weighted by Crippen LogP contribution is -2.44. The zero-order valence-electron chi connectivity index (χ0n) is 11.6. The molecule has 0 bridgehead atoms. The number of nitrogens with zero attached hydrogens (tertiary/aromatic N) is 1. The van der Waals surface area contributed by atoms with Crippen molar-refractivity contribution >= 4 is 16.9 Å². The van der Waals surface area contributed by atoms with Crippen LogP contribution < -0.4 is 11.1 Å². The summed E-state index contributed by atoms with van der Waals surface area (Å²) < 4.78 is 13.1. The molecule has 1 heterocycles. The maximum atomic E-state index is 13.1. The van der Waals surface area contributed by atoms with E-state index in [2.05, 4.69) is 15.3 Å². The molecular formula is C14H19FN4O. The van der Waals surface area contributed by atoms with E-state index in [1.807, 2.05) is 13.8 Å². The third-order valence-electron chi connectivity index (χ3n) is 3.48. The molecule has 2 rings (SSSR count). The summed E-state index contributed by atoms with van der Waals surface area (Å²) in [6, 6.07) is 3.79. The quantitative estimate of drug-likeness (QED) is 0.778. The van der Waals surface area contributed by atoms with Gasteiger partial charge >= 0.3 is 0 Å². The normalized spacial score (nSPS) is 14.2. The number of halogens is 1. The Morgan fingerprint density at radius 1 is 1.55 bits per heavy atom. The second-order valence-electron chi connectivity index (χ2n) is 4.97. The summed E-state index contributed by atoms with van der Waals surface area (Å²) in [5.74, 6) is 0.177. The van der Waals surface area contributed by atoms with E-state index < -0.39 is 6.04 Å². The number of amides is 1. The number of nitrogens with two attached hydrogens (primary N) is 1. The van der Waals surface area contributed by atoms with Gasteiger partial charge in [-0.15, -0.1) is 0 Å². The van der Waals surface area contributed by atoms with Gasteiger partial charge in [0.2, 0.25) is 5.91 Å². The van der Waals surface area contributed by atoms with Gasteiger partial charge in [-0.1, -0.05) is 20.3 Å². The monoisotopic (exact) mass is 278 g/mol. The predicted octanol–water partition coefficient (Wildman–Crippen LogP) is 1.69. The van der Waals surface area contributed by atoms with Crippen molar-refractivity contribution in [2.45, 2.75) is 32.9 Å². The fourth-order valence-corrected chi connectivity index (χ4v) is 1.92. The van der Waals surface area contributed by atoms with Crippen LogP contribution in [0.4, 0.5) is 4.39 Å². The first-order valence-corrected chi connectivity index (χ1v) is 6.68. The minimum atomic E-state index is -0.526. The van der Waals surface area contributed by atoms with E-state index in [4.69, 9.17) is 5.73 Å². The van der Waals surface area contributed by atoms with Gasteiger partial charge in [-0.2, -0.15) is 0 Å². The molecule has 108 valence electrons. The number of benzene rings is 1. The van der Waals surface area contributed by atoms with E-state index in [-0.39, 0.29) is 24.2 Å². The van der Waals surface area contributed by atoms with E-state index in [1.165, 1.54) is 12.1 Å². The lowest BCUT2D eigenvalue weighted by Gasteiger charge is -2.17. The van der Waals surface area contributed by atoms with Crippen molar-refractivity contribution in [2.24, 2.45) is 11.7 Å². The van der Waals surface area contributed by atoms with Crippen LogP contribution >= 0.6 is 0 Å². The molecule has 0 fully saturated rings. The highest BCUT2D eigenvalue weighted by Gasteiger charge is 2.19. The zero-order chi connectivity index (χ0) is 14.7. The first-order chi connectivity index (χ1) is 9.51. The number of carbonyl (C=O) groups excluding carboxylic acids is 1. The number of H-pyrrole nitrogens is 1. The number of nitrogens with one attached hydrogen (secondary N) is 2. The van der Waals surface area contributed by atoms with Gasteiger partial charge in [0.05, 0.1) is 23.6 Å². The maximum Gasteiger partial charge on any atom is 0.237 e. The van der Waals surface area contributed by atoms with Crippen molar-refractivity contribution in [3.63, 3.8) is 0 Å². The molecular weight excluding hydrogens is 259 g/mol. The maximum absolute atomic E-state index is 13.1. The molecule has 0 saturated heterocycles. The van der Waals surface area contributed by atoms with Crippen LogP contribution in [0.1, 0.15) is 26.1 Å². The molecule has 1 amide bonds. The van der Waals surface area contributed by atoms with E-state index in [9.17, 15) is 9.18 Å². The number of imidazole rings is 1. The van der Waals surface area contributed by atoms with E-state index in [0.717, 1.165) is 6.42 Å². The summed E-state index contributed by atoms with van der Waals surface area (Å²) >= 11 is 0. The zero-order valence-corrected chi connectivity index (χ0v) is 11.6. The molecule has 0 saturated carbocycles. The summed E-state index contributed by atoms with van der Waals surface area (Å²) in [5, 5.41) is 2.74. The lowest BCUT2D eigenvalue weighted by atomic mass is 9.99. The molecule has 1 aromatic carbocycles. The van der Waals surface area contributed by atoms with Crippen LogP contribution in [0.15, 0.2) is 18.2 Å². The summed E-state index contributed by atoms with van der Waals surface area (Å²) in [6.07, 6.45) is 0.846. The van der Waals surface area contributed by atoms with Crippen LogP contribution in [-0.4, -0.2) is 21.9 Å². The number of carbonyl (C=O) groups is 1. The second-order valence-corrected chi connectivity index (χ2v) is 4.97. The summed E-state index contributed by atoms with van der Waals surface area (Å²) in [4.78, 5) is 19.1. The Hall–Kier alpha value is -1.95.